The normalized spacial score (nSPS) is 14.4. The highest BCUT2D eigenvalue weighted by molar-refractivity contribution is 7.89. The molecular weight excluding hydrogens is 355 g/mol. The third-order valence-electron chi connectivity index (χ3n) is 3.48. The van der Waals surface area contributed by atoms with Gasteiger partial charge in [-0.25, -0.2) is 17.5 Å². The van der Waals surface area contributed by atoms with Crippen LogP contribution in [-0.2, 0) is 10.0 Å². The number of benzene rings is 2. The Bertz CT molecular complexity index is 898. The lowest BCUT2D eigenvalue weighted by Crippen LogP contribution is -2.25. The van der Waals surface area contributed by atoms with E-state index in [9.17, 15) is 17.6 Å². The molecule has 0 aliphatic heterocycles. The van der Waals surface area contributed by atoms with Crippen molar-refractivity contribution in [1.29, 1.82) is 0 Å². The lowest BCUT2D eigenvalue weighted by Gasteiger charge is -2.10. The third-order valence-corrected chi connectivity index (χ3v) is 5.31. The molecule has 2 aromatic rings. The first-order valence-electron chi connectivity index (χ1n) is 7.24. The maximum absolute atomic E-state index is 13.0. The van der Waals surface area contributed by atoms with Gasteiger partial charge in [-0.1, -0.05) is 17.7 Å². The van der Waals surface area contributed by atoms with Gasteiger partial charge in [0.25, 0.3) is 5.91 Å². The SMILES string of the molecule is O=C(Nc1cccc(S(=O)(=O)NC2CC2)c1)c1ccc(F)cc1Cl. The van der Waals surface area contributed by atoms with Gasteiger partial charge in [0.1, 0.15) is 5.82 Å². The zero-order chi connectivity index (χ0) is 17.3. The molecular formula is C16H14ClFN2O3S. The van der Waals surface area contributed by atoms with Gasteiger partial charge >= 0.3 is 0 Å². The number of nitrogens with one attached hydrogen (secondary N) is 2. The van der Waals surface area contributed by atoms with Crippen LogP contribution in [0.1, 0.15) is 23.2 Å². The van der Waals surface area contributed by atoms with Gasteiger partial charge in [-0.05, 0) is 49.2 Å². The second-order valence-electron chi connectivity index (χ2n) is 5.50. The van der Waals surface area contributed by atoms with Crippen LogP contribution in [0.2, 0.25) is 5.02 Å². The molecule has 1 aliphatic rings. The summed E-state index contributed by atoms with van der Waals surface area (Å²) < 4.78 is 40.0. The molecule has 1 amide bonds. The van der Waals surface area contributed by atoms with E-state index in [2.05, 4.69) is 10.0 Å². The summed E-state index contributed by atoms with van der Waals surface area (Å²) in [5.41, 5.74) is 0.404. The van der Waals surface area contributed by atoms with Crippen molar-refractivity contribution in [2.75, 3.05) is 5.32 Å². The highest BCUT2D eigenvalue weighted by Gasteiger charge is 2.28. The van der Waals surface area contributed by atoms with Crippen molar-refractivity contribution >= 4 is 33.2 Å². The monoisotopic (exact) mass is 368 g/mol. The van der Waals surface area contributed by atoms with Crippen LogP contribution >= 0.6 is 11.6 Å². The summed E-state index contributed by atoms with van der Waals surface area (Å²) in [6.45, 7) is 0. The Balaban J connectivity index is 1.80. The van der Waals surface area contributed by atoms with Gasteiger partial charge in [0.15, 0.2) is 0 Å². The number of hydrogen-bond acceptors (Lipinski definition) is 3. The molecule has 2 aromatic carbocycles. The minimum absolute atomic E-state index is 0.00808. The Morgan fingerprint density at radius 2 is 1.92 bits per heavy atom. The van der Waals surface area contributed by atoms with Crippen molar-refractivity contribution < 1.29 is 17.6 Å². The molecule has 0 spiro atoms. The molecule has 1 fully saturated rings. The topological polar surface area (TPSA) is 75.3 Å². The summed E-state index contributed by atoms with van der Waals surface area (Å²) >= 11 is 5.85. The molecule has 24 heavy (non-hydrogen) atoms. The molecule has 5 nitrogen and oxygen atoms in total. The summed E-state index contributed by atoms with van der Waals surface area (Å²) in [7, 11) is -3.61. The van der Waals surface area contributed by atoms with Crippen LogP contribution in [0.4, 0.5) is 10.1 Å². The number of anilines is 1. The van der Waals surface area contributed by atoms with Crippen LogP contribution in [0.3, 0.4) is 0 Å². The first kappa shape index (κ1) is 16.9. The van der Waals surface area contributed by atoms with E-state index in [0.717, 1.165) is 25.0 Å². The Hall–Kier alpha value is -1.96. The van der Waals surface area contributed by atoms with Crippen molar-refractivity contribution in [1.82, 2.24) is 4.72 Å². The van der Waals surface area contributed by atoms with Gasteiger partial charge < -0.3 is 5.32 Å². The van der Waals surface area contributed by atoms with Crippen molar-refractivity contribution in [3.05, 3.63) is 58.9 Å². The van der Waals surface area contributed by atoms with E-state index in [1.807, 2.05) is 0 Å². The van der Waals surface area contributed by atoms with Gasteiger partial charge in [0, 0.05) is 11.7 Å². The van der Waals surface area contributed by atoms with E-state index in [1.165, 1.54) is 24.3 Å². The summed E-state index contributed by atoms with van der Waals surface area (Å²) in [5, 5.41) is 2.54. The van der Waals surface area contributed by atoms with Crippen LogP contribution in [0.25, 0.3) is 0 Å². The maximum atomic E-state index is 13.0. The number of amides is 1. The lowest BCUT2D eigenvalue weighted by molar-refractivity contribution is 0.102. The van der Waals surface area contributed by atoms with Crippen LogP contribution in [-0.4, -0.2) is 20.4 Å². The minimum atomic E-state index is -3.61. The summed E-state index contributed by atoms with van der Waals surface area (Å²) in [4.78, 5) is 12.3. The van der Waals surface area contributed by atoms with E-state index in [-0.39, 0.29) is 21.5 Å². The fourth-order valence-electron chi connectivity index (χ4n) is 2.10. The zero-order valence-electron chi connectivity index (χ0n) is 12.4. The van der Waals surface area contributed by atoms with Gasteiger partial charge in [-0.2, -0.15) is 0 Å². The molecule has 0 unspecified atom stereocenters. The van der Waals surface area contributed by atoms with E-state index < -0.39 is 21.7 Å². The molecule has 0 radical (unpaired) electrons. The highest BCUT2D eigenvalue weighted by Crippen LogP contribution is 2.24. The average molecular weight is 369 g/mol. The molecule has 3 rings (SSSR count). The molecule has 1 saturated carbocycles. The van der Waals surface area contributed by atoms with Crippen molar-refractivity contribution in [3.8, 4) is 0 Å². The number of carbonyl (C=O) groups excluding carboxylic acids is 1. The van der Waals surface area contributed by atoms with Crippen molar-refractivity contribution in [3.63, 3.8) is 0 Å². The molecule has 2 N–H and O–H groups in total. The van der Waals surface area contributed by atoms with E-state index in [4.69, 9.17) is 11.6 Å². The predicted molar refractivity (Wildman–Crippen MR) is 89.1 cm³/mol. The van der Waals surface area contributed by atoms with Gasteiger partial charge in [-0.3, -0.25) is 4.79 Å². The number of sulfonamides is 1. The van der Waals surface area contributed by atoms with E-state index >= 15 is 0 Å². The second-order valence-corrected chi connectivity index (χ2v) is 7.62. The molecule has 0 aromatic heterocycles. The van der Waals surface area contributed by atoms with Crippen LogP contribution < -0.4 is 10.0 Å². The van der Waals surface area contributed by atoms with Crippen LogP contribution in [0, 0.1) is 5.82 Å². The Morgan fingerprint density at radius 1 is 1.17 bits per heavy atom. The standard InChI is InChI=1S/C16H14ClFN2O3S/c17-15-8-10(18)4-7-14(15)16(21)19-12-2-1-3-13(9-12)24(22,23)20-11-5-6-11/h1-4,7-9,11,20H,5-6H2,(H,19,21). The first-order chi connectivity index (χ1) is 11.3. The lowest BCUT2D eigenvalue weighted by atomic mass is 10.2. The molecule has 8 heteroatoms. The Morgan fingerprint density at radius 3 is 2.58 bits per heavy atom. The molecule has 0 heterocycles. The second kappa shape index (κ2) is 6.51. The quantitative estimate of drug-likeness (QED) is 0.851. The maximum Gasteiger partial charge on any atom is 0.257 e. The summed E-state index contributed by atoms with van der Waals surface area (Å²) in [6, 6.07) is 9.33. The fourth-order valence-corrected chi connectivity index (χ4v) is 3.71. The van der Waals surface area contributed by atoms with E-state index in [0.29, 0.717) is 5.69 Å². The largest absolute Gasteiger partial charge is 0.322 e. The zero-order valence-corrected chi connectivity index (χ0v) is 14.0. The van der Waals surface area contributed by atoms with Crippen molar-refractivity contribution in [2.45, 2.75) is 23.8 Å². The number of rotatable bonds is 5. The molecule has 1 aliphatic carbocycles. The average Bonchev–Trinajstić information content (AvgIpc) is 3.30. The van der Waals surface area contributed by atoms with Gasteiger partial charge in [-0.15, -0.1) is 0 Å². The van der Waals surface area contributed by atoms with E-state index in [1.54, 1.807) is 6.07 Å². The third kappa shape index (κ3) is 3.92. The van der Waals surface area contributed by atoms with Crippen LogP contribution in [0.5, 0.6) is 0 Å². The van der Waals surface area contributed by atoms with Gasteiger partial charge in [0.05, 0.1) is 15.5 Å². The number of hydrogen-bond donors (Lipinski definition) is 2. The predicted octanol–water partition coefficient (Wildman–Crippen LogP) is 3.17. The minimum Gasteiger partial charge on any atom is -0.322 e. The Labute approximate surface area is 143 Å². The molecule has 126 valence electrons. The summed E-state index contributed by atoms with van der Waals surface area (Å²) in [6.07, 6.45) is 1.66. The number of halogens is 2. The smallest absolute Gasteiger partial charge is 0.257 e. The highest BCUT2D eigenvalue weighted by atomic mass is 35.5. The fraction of sp³-hybridized carbons (Fsp3) is 0.188. The van der Waals surface area contributed by atoms with Gasteiger partial charge in [0.2, 0.25) is 10.0 Å². The van der Waals surface area contributed by atoms with Crippen molar-refractivity contribution in [2.24, 2.45) is 0 Å². The molecule has 0 bridgehead atoms. The molecule has 0 atom stereocenters. The first-order valence-corrected chi connectivity index (χ1v) is 9.10. The Kier molecular flexibility index (Phi) is 4.58. The molecule has 0 saturated heterocycles. The van der Waals surface area contributed by atoms with Crippen LogP contribution in [0.15, 0.2) is 47.4 Å². The summed E-state index contributed by atoms with van der Waals surface area (Å²) in [5.74, 6) is -1.10. The number of carbonyl (C=O) groups is 1.